The second-order valence-electron chi connectivity index (χ2n) is 10.7. The standard InChI is InChI=1S/C38H23N3S/c1-3-9-25(10-4-1)33-23-34(26-11-5-2-6-12-26)40-37(39-33)27-17-15-24(16-18-27)28-21-31-29-13-7-8-14-35(29)41-36(31)32(22-28)30-19-20-42-38(30)41/h1-23H. The number of thiophene rings is 1. The first-order chi connectivity index (χ1) is 20.8. The summed E-state index contributed by atoms with van der Waals surface area (Å²) in [6.45, 7) is 0. The molecule has 0 bridgehead atoms. The van der Waals surface area contributed by atoms with Crippen LogP contribution in [-0.2, 0) is 0 Å². The molecule has 0 aliphatic carbocycles. The van der Waals surface area contributed by atoms with Crippen molar-refractivity contribution in [3.8, 4) is 45.0 Å². The summed E-state index contributed by atoms with van der Waals surface area (Å²) < 4.78 is 2.44. The summed E-state index contributed by atoms with van der Waals surface area (Å²) in [6.07, 6.45) is 0. The highest BCUT2D eigenvalue weighted by Gasteiger charge is 2.19. The lowest BCUT2D eigenvalue weighted by Crippen LogP contribution is -1.95. The summed E-state index contributed by atoms with van der Waals surface area (Å²) in [5, 5.41) is 7.43. The average molecular weight is 554 g/mol. The predicted molar refractivity (Wildman–Crippen MR) is 176 cm³/mol. The number of hydrogen-bond acceptors (Lipinski definition) is 3. The van der Waals surface area contributed by atoms with Crippen LogP contribution in [0.2, 0.25) is 0 Å². The van der Waals surface area contributed by atoms with E-state index in [0.717, 1.165) is 33.9 Å². The normalized spacial score (nSPS) is 11.8. The van der Waals surface area contributed by atoms with Gasteiger partial charge >= 0.3 is 0 Å². The van der Waals surface area contributed by atoms with Crippen molar-refractivity contribution in [1.29, 1.82) is 0 Å². The largest absolute Gasteiger partial charge is 0.300 e. The molecule has 4 heterocycles. The Morgan fingerprint density at radius 3 is 1.74 bits per heavy atom. The molecule has 0 fully saturated rings. The molecule has 5 aromatic carbocycles. The fraction of sp³-hybridized carbons (Fsp3) is 0. The lowest BCUT2D eigenvalue weighted by Gasteiger charge is -2.10. The van der Waals surface area contributed by atoms with E-state index in [0.29, 0.717) is 0 Å². The fourth-order valence-electron chi connectivity index (χ4n) is 6.26. The summed E-state index contributed by atoms with van der Waals surface area (Å²) >= 11 is 1.81. The minimum Gasteiger partial charge on any atom is -0.300 e. The van der Waals surface area contributed by atoms with Crippen molar-refractivity contribution in [3.63, 3.8) is 0 Å². The van der Waals surface area contributed by atoms with E-state index in [4.69, 9.17) is 9.97 Å². The van der Waals surface area contributed by atoms with Crippen molar-refractivity contribution < 1.29 is 0 Å². The molecule has 0 saturated heterocycles. The second kappa shape index (κ2) is 9.10. The van der Waals surface area contributed by atoms with Crippen LogP contribution in [0.15, 0.2) is 139 Å². The number of para-hydroxylation sites is 1. The van der Waals surface area contributed by atoms with E-state index in [1.165, 1.54) is 48.5 Å². The fourth-order valence-corrected chi connectivity index (χ4v) is 7.19. The molecule has 0 aliphatic rings. The van der Waals surface area contributed by atoms with Gasteiger partial charge in [0.1, 0.15) is 4.83 Å². The second-order valence-corrected chi connectivity index (χ2v) is 11.6. The molecule has 42 heavy (non-hydrogen) atoms. The van der Waals surface area contributed by atoms with Crippen LogP contribution in [0.25, 0.3) is 82.4 Å². The summed E-state index contributed by atoms with van der Waals surface area (Å²) in [5.41, 5.74) is 9.97. The van der Waals surface area contributed by atoms with E-state index in [-0.39, 0.29) is 0 Å². The van der Waals surface area contributed by atoms with Gasteiger partial charge in [-0.2, -0.15) is 0 Å². The van der Waals surface area contributed by atoms with Crippen molar-refractivity contribution in [2.75, 3.05) is 0 Å². The smallest absolute Gasteiger partial charge is 0.160 e. The maximum absolute atomic E-state index is 5.01. The summed E-state index contributed by atoms with van der Waals surface area (Å²) in [6, 6.07) is 47.1. The highest BCUT2D eigenvalue weighted by atomic mass is 32.1. The maximum atomic E-state index is 5.01. The van der Waals surface area contributed by atoms with Gasteiger partial charge in [0.05, 0.1) is 22.4 Å². The van der Waals surface area contributed by atoms with E-state index in [1.54, 1.807) is 0 Å². The lowest BCUT2D eigenvalue weighted by molar-refractivity contribution is 1.18. The van der Waals surface area contributed by atoms with Crippen LogP contribution in [0, 0.1) is 0 Å². The number of aromatic nitrogens is 3. The van der Waals surface area contributed by atoms with Gasteiger partial charge in [-0.25, -0.2) is 9.97 Å². The average Bonchev–Trinajstić information content (AvgIpc) is 3.76. The van der Waals surface area contributed by atoms with Gasteiger partial charge in [-0.05, 0) is 46.8 Å². The van der Waals surface area contributed by atoms with Crippen LogP contribution in [-0.4, -0.2) is 14.4 Å². The molecule has 0 aliphatic heterocycles. The molecule has 0 N–H and O–H groups in total. The molecule has 0 atom stereocenters. The van der Waals surface area contributed by atoms with Crippen LogP contribution in [0.1, 0.15) is 0 Å². The molecule has 0 spiro atoms. The summed E-state index contributed by atoms with van der Waals surface area (Å²) in [5.74, 6) is 0.724. The van der Waals surface area contributed by atoms with Crippen molar-refractivity contribution in [2.45, 2.75) is 0 Å². The summed E-state index contributed by atoms with van der Waals surface area (Å²) in [7, 11) is 0. The molecule has 0 saturated carbocycles. The number of benzene rings is 5. The van der Waals surface area contributed by atoms with Crippen LogP contribution in [0.4, 0.5) is 0 Å². The van der Waals surface area contributed by atoms with Gasteiger partial charge in [-0.1, -0.05) is 103 Å². The number of nitrogens with zero attached hydrogens (tertiary/aromatic N) is 3. The molecule has 3 nitrogen and oxygen atoms in total. The minimum absolute atomic E-state index is 0.724. The Kier molecular flexibility index (Phi) is 5.07. The highest BCUT2D eigenvalue weighted by molar-refractivity contribution is 7.17. The quantitative estimate of drug-likeness (QED) is 0.217. The van der Waals surface area contributed by atoms with Gasteiger partial charge in [0, 0.05) is 38.2 Å². The summed E-state index contributed by atoms with van der Waals surface area (Å²) in [4.78, 5) is 11.3. The first-order valence-corrected chi connectivity index (χ1v) is 15.0. The van der Waals surface area contributed by atoms with Crippen molar-refractivity contribution in [3.05, 3.63) is 139 Å². The highest BCUT2D eigenvalue weighted by Crippen LogP contribution is 2.43. The van der Waals surface area contributed by atoms with E-state index in [1.807, 2.05) is 47.7 Å². The van der Waals surface area contributed by atoms with Crippen molar-refractivity contribution in [1.82, 2.24) is 14.4 Å². The Morgan fingerprint density at radius 1 is 0.452 bits per heavy atom. The minimum atomic E-state index is 0.724. The first kappa shape index (κ1) is 23.4. The number of hydrogen-bond donors (Lipinski definition) is 0. The molecule has 4 aromatic heterocycles. The molecule has 196 valence electrons. The SMILES string of the molecule is c1ccc(-c2cc(-c3ccccc3)nc(-c3ccc(-c4cc5c6ccccc6n6c7sccc7c(c4)c56)cc3)n2)cc1. The predicted octanol–water partition coefficient (Wildman–Crippen LogP) is 10.4. The van der Waals surface area contributed by atoms with Gasteiger partial charge < -0.3 is 0 Å². The van der Waals surface area contributed by atoms with E-state index in [2.05, 4.69) is 107 Å². The molecule has 0 radical (unpaired) electrons. The molecule has 0 amide bonds. The van der Waals surface area contributed by atoms with E-state index < -0.39 is 0 Å². The Hall–Kier alpha value is -5.32. The monoisotopic (exact) mass is 553 g/mol. The Labute approximate surface area is 246 Å². The van der Waals surface area contributed by atoms with Crippen LogP contribution >= 0.6 is 11.3 Å². The zero-order valence-electron chi connectivity index (χ0n) is 22.5. The van der Waals surface area contributed by atoms with Crippen molar-refractivity contribution >= 4 is 48.7 Å². The third-order valence-corrected chi connectivity index (χ3v) is 9.15. The molecular weight excluding hydrogens is 531 g/mol. The van der Waals surface area contributed by atoms with E-state index >= 15 is 0 Å². The zero-order valence-corrected chi connectivity index (χ0v) is 23.3. The molecular formula is C38H23N3S. The van der Waals surface area contributed by atoms with Gasteiger partial charge in [0.2, 0.25) is 0 Å². The van der Waals surface area contributed by atoms with Crippen LogP contribution in [0.3, 0.4) is 0 Å². The maximum Gasteiger partial charge on any atom is 0.160 e. The van der Waals surface area contributed by atoms with Gasteiger partial charge in [0.25, 0.3) is 0 Å². The molecule has 9 rings (SSSR count). The zero-order chi connectivity index (χ0) is 27.6. The van der Waals surface area contributed by atoms with Crippen LogP contribution < -0.4 is 0 Å². The van der Waals surface area contributed by atoms with Gasteiger partial charge in [-0.3, -0.25) is 4.40 Å². The number of rotatable bonds is 4. The van der Waals surface area contributed by atoms with Gasteiger partial charge in [-0.15, -0.1) is 11.3 Å². The van der Waals surface area contributed by atoms with Gasteiger partial charge in [0.15, 0.2) is 5.82 Å². The third-order valence-electron chi connectivity index (χ3n) is 8.25. The molecule has 9 aromatic rings. The topological polar surface area (TPSA) is 30.2 Å². The first-order valence-electron chi connectivity index (χ1n) is 14.1. The van der Waals surface area contributed by atoms with Crippen molar-refractivity contribution in [2.24, 2.45) is 0 Å². The Bertz CT molecular complexity index is 2330. The third kappa shape index (κ3) is 3.52. The van der Waals surface area contributed by atoms with Crippen LogP contribution in [0.5, 0.6) is 0 Å². The van der Waals surface area contributed by atoms with E-state index in [9.17, 15) is 0 Å². The molecule has 4 heteroatoms. The lowest BCUT2D eigenvalue weighted by atomic mass is 9.99. The molecule has 0 unspecified atom stereocenters. The number of fused-ring (bicyclic) bond motifs is 6. The Balaban J connectivity index is 1.19. The Morgan fingerprint density at radius 2 is 1.05 bits per heavy atom.